The van der Waals surface area contributed by atoms with E-state index in [2.05, 4.69) is 9.88 Å². The largest absolute Gasteiger partial charge is 0.481 e. The lowest BCUT2D eigenvalue weighted by Gasteiger charge is -2.29. The number of fused-ring (bicyclic) bond motifs is 1. The number of piperidine rings is 1. The molecule has 0 spiro atoms. The number of carboxylic acids is 1. The summed E-state index contributed by atoms with van der Waals surface area (Å²) in [6, 6.07) is 5.65. The van der Waals surface area contributed by atoms with Gasteiger partial charge in [0.05, 0.1) is 17.8 Å². The molecule has 1 aliphatic rings. The first-order chi connectivity index (χ1) is 9.65. The van der Waals surface area contributed by atoms with Crippen molar-refractivity contribution in [1.82, 2.24) is 14.3 Å². The highest BCUT2D eigenvalue weighted by Crippen LogP contribution is 2.21. The average Bonchev–Trinajstić information content (AvgIpc) is 2.84. The number of halogens is 1. The van der Waals surface area contributed by atoms with Gasteiger partial charge in [-0.25, -0.2) is 4.98 Å². The number of nitrogens with zero attached hydrogens (tertiary/aromatic N) is 3. The molecule has 3 rings (SSSR count). The number of aliphatic carboxylic acids is 1. The van der Waals surface area contributed by atoms with Crippen molar-refractivity contribution in [3.63, 3.8) is 0 Å². The van der Waals surface area contributed by atoms with E-state index in [1.165, 1.54) is 0 Å². The van der Waals surface area contributed by atoms with Gasteiger partial charge in [-0.05, 0) is 38.1 Å². The van der Waals surface area contributed by atoms with Crippen molar-refractivity contribution in [2.24, 2.45) is 5.92 Å². The van der Waals surface area contributed by atoms with E-state index in [1.54, 1.807) is 0 Å². The maximum Gasteiger partial charge on any atom is 0.306 e. The van der Waals surface area contributed by atoms with Crippen molar-refractivity contribution < 1.29 is 9.90 Å². The summed E-state index contributed by atoms with van der Waals surface area (Å²) >= 11 is 6.21. The molecule has 0 radical (unpaired) electrons. The first-order valence-corrected chi connectivity index (χ1v) is 7.09. The van der Waals surface area contributed by atoms with Crippen molar-refractivity contribution in [3.8, 4) is 0 Å². The second-order valence-electron chi connectivity index (χ2n) is 5.18. The molecule has 1 fully saturated rings. The molecular formula is C14H16ClN3O2. The number of imidazole rings is 1. The van der Waals surface area contributed by atoms with E-state index in [0.29, 0.717) is 18.0 Å². The zero-order valence-corrected chi connectivity index (χ0v) is 11.8. The lowest BCUT2D eigenvalue weighted by Crippen LogP contribution is -2.36. The fourth-order valence-corrected chi connectivity index (χ4v) is 3.00. The van der Waals surface area contributed by atoms with Gasteiger partial charge in [0.2, 0.25) is 0 Å². The Bertz CT molecular complexity index is 632. The van der Waals surface area contributed by atoms with E-state index in [1.807, 2.05) is 28.8 Å². The fraction of sp³-hybridized carbons (Fsp3) is 0.429. The van der Waals surface area contributed by atoms with Crippen LogP contribution in [0.4, 0.5) is 0 Å². The topological polar surface area (TPSA) is 57.8 Å². The summed E-state index contributed by atoms with van der Waals surface area (Å²) in [7, 11) is 0. The first-order valence-electron chi connectivity index (χ1n) is 6.71. The summed E-state index contributed by atoms with van der Waals surface area (Å²) < 4.78 is 1.94. The molecule has 0 atom stereocenters. The van der Waals surface area contributed by atoms with Gasteiger partial charge >= 0.3 is 5.97 Å². The quantitative estimate of drug-likeness (QED) is 0.882. The molecule has 0 aliphatic carbocycles. The molecule has 0 amide bonds. The zero-order valence-electron chi connectivity index (χ0n) is 11.0. The Kier molecular flexibility index (Phi) is 3.63. The highest BCUT2D eigenvalue weighted by atomic mass is 35.5. The number of rotatable bonds is 3. The Morgan fingerprint density at radius 2 is 2.15 bits per heavy atom. The van der Waals surface area contributed by atoms with E-state index in [4.69, 9.17) is 16.7 Å². The third-order valence-corrected chi connectivity index (χ3v) is 4.17. The van der Waals surface area contributed by atoms with Gasteiger partial charge in [0.1, 0.15) is 10.8 Å². The summed E-state index contributed by atoms with van der Waals surface area (Å²) in [5, 5.41) is 9.66. The molecule has 6 heteroatoms. The smallest absolute Gasteiger partial charge is 0.306 e. The van der Waals surface area contributed by atoms with Crippen molar-refractivity contribution in [2.75, 3.05) is 13.1 Å². The number of carboxylic acid groups (broad SMARTS) is 1. The van der Waals surface area contributed by atoms with Crippen LogP contribution >= 0.6 is 11.6 Å². The predicted molar refractivity (Wildman–Crippen MR) is 75.8 cm³/mol. The number of aromatic nitrogens is 2. The summed E-state index contributed by atoms with van der Waals surface area (Å²) in [5.41, 5.74) is 1.88. The van der Waals surface area contributed by atoms with Gasteiger partial charge in [-0.2, -0.15) is 0 Å². The fourth-order valence-electron chi connectivity index (χ4n) is 2.73. The van der Waals surface area contributed by atoms with Crippen LogP contribution in [-0.4, -0.2) is 38.4 Å². The highest BCUT2D eigenvalue weighted by Gasteiger charge is 2.24. The maximum atomic E-state index is 10.9. The molecule has 1 aliphatic heterocycles. The van der Waals surface area contributed by atoms with Crippen LogP contribution in [0.15, 0.2) is 24.4 Å². The Labute approximate surface area is 121 Å². The Balaban J connectivity index is 1.73. The molecule has 20 heavy (non-hydrogen) atoms. The molecule has 5 nitrogen and oxygen atoms in total. The summed E-state index contributed by atoms with van der Waals surface area (Å²) in [6.07, 6.45) is 3.25. The Morgan fingerprint density at radius 3 is 2.85 bits per heavy atom. The van der Waals surface area contributed by atoms with E-state index in [9.17, 15) is 4.79 Å². The van der Waals surface area contributed by atoms with E-state index >= 15 is 0 Å². The van der Waals surface area contributed by atoms with Crippen LogP contribution < -0.4 is 0 Å². The summed E-state index contributed by atoms with van der Waals surface area (Å²) in [5.74, 6) is -0.875. The zero-order chi connectivity index (χ0) is 14.1. The van der Waals surface area contributed by atoms with Crippen LogP contribution in [0.2, 0.25) is 5.15 Å². The number of hydrogen-bond acceptors (Lipinski definition) is 3. The van der Waals surface area contributed by atoms with E-state index in [0.717, 1.165) is 31.0 Å². The van der Waals surface area contributed by atoms with Crippen LogP contribution in [-0.2, 0) is 11.3 Å². The molecule has 1 saturated heterocycles. The monoisotopic (exact) mass is 293 g/mol. The second-order valence-corrected chi connectivity index (χ2v) is 5.57. The second kappa shape index (κ2) is 5.42. The normalized spacial score (nSPS) is 17.6. The Hall–Kier alpha value is -1.59. The van der Waals surface area contributed by atoms with Crippen molar-refractivity contribution in [2.45, 2.75) is 19.4 Å². The molecule has 0 bridgehead atoms. The summed E-state index contributed by atoms with van der Waals surface area (Å²) in [4.78, 5) is 17.5. The molecule has 0 aromatic carbocycles. The molecular weight excluding hydrogens is 278 g/mol. The minimum atomic E-state index is -0.678. The molecule has 0 saturated carbocycles. The minimum Gasteiger partial charge on any atom is -0.481 e. The average molecular weight is 294 g/mol. The third kappa shape index (κ3) is 2.51. The SMILES string of the molecule is O=C(O)C1CCN(Cc2cnc3cccc(Cl)n23)CC1. The van der Waals surface area contributed by atoms with Crippen LogP contribution in [0.1, 0.15) is 18.5 Å². The Morgan fingerprint density at radius 1 is 1.40 bits per heavy atom. The van der Waals surface area contributed by atoms with E-state index < -0.39 is 5.97 Å². The van der Waals surface area contributed by atoms with Crippen LogP contribution in [0.5, 0.6) is 0 Å². The van der Waals surface area contributed by atoms with Crippen LogP contribution in [0.25, 0.3) is 5.65 Å². The first kappa shape index (κ1) is 13.4. The molecule has 2 aromatic rings. The highest BCUT2D eigenvalue weighted by molar-refractivity contribution is 6.29. The van der Waals surface area contributed by atoms with Crippen molar-refractivity contribution in [3.05, 3.63) is 35.2 Å². The minimum absolute atomic E-state index is 0.197. The number of pyridine rings is 1. The molecule has 0 unspecified atom stereocenters. The van der Waals surface area contributed by atoms with Crippen LogP contribution in [0, 0.1) is 5.92 Å². The van der Waals surface area contributed by atoms with Crippen LogP contribution in [0.3, 0.4) is 0 Å². The van der Waals surface area contributed by atoms with Gasteiger partial charge < -0.3 is 5.11 Å². The molecule has 106 valence electrons. The number of likely N-dealkylation sites (tertiary alicyclic amines) is 1. The molecule has 3 heterocycles. The van der Waals surface area contributed by atoms with Gasteiger partial charge in [0.15, 0.2) is 0 Å². The van der Waals surface area contributed by atoms with Gasteiger partial charge in [-0.3, -0.25) is 14.1 Å². The lowest BCUT2D eigenvalue weighted by molar-refractivity contribution is -0.143. The lowest BCUT2D eigenvalue weighted by atomic mass is 9.97. The van der Waals surface area contributed by atoms with Gasteiger partial charge in [-0.15, -0.1) is 0 Å². The predicted octanol–water partition coefficient (Wildman–Crippen LogP) is 2.28. The van der Waals surface area contributed by atoms with Gasteiger partial charge in [-0.1, -0.05) is 17.7 Å². The summed E-state index contributed by atoms with van der Waals surface area (Å²) in [6.45, 7) is 2.35. The van der Waals surface area contributed by atoms with Gasteiger partial charge in [0, 0.05) is 6.54 Å². The molecule has 2 aromatic heterocycles. The van der Waals surface area contributed by atoms with E-state index in [-0.39, 0.29) is 5.92 Å². The van der Waals surface area contributed by atoms with Crippen molar-refractivity contribution in [1.29, 1.82) is 0 Å². The third-order valence-electron chi connectivity index (χ3n) is 3.88. The van der Waals surface area contributed by atoms with Crippen molar-refractivity contribution >= 4 is 23.2 Å². The standard InChI is InChI=1S/C14H16ClN3O2/c15-12-2-1-3-13-16-8-11(18(12)13)9-17-6-4-10(5-7-17)14(19)20/h1-3,8,10H,4-7,9H2,(H,19,20). The number of carbonyl (C=O) groups is 1. The maximum absolute atomic E-state index is 10.9. The van der Waals surface area contributed by atoms with Gasteiger partial charge in [0.25, 0.3) is 0 Å². The molecule has 1 N–H and O–H groups in total. The number of hydrogen-bond donors (Lipinski definition) is 1.